The van der Waals surface area contributed by atoms with Crippen molar-refractivity contribution < 1.29 is 13.9 Å². The third-order valence-electron chi connectivity index (χ3n) is 3.01. The molecule has 6 heteroatoms. The topological polar surface area (TPSA) is 64.3 Å². The smallest absolute Gasteiger partial charge is 0.239 e. The van der Waals surface area contributed by atoms with Gasteiger partial charge in [-0.1, -0.05) is 0 Å². The first-order chi connectivity index (χ1) is 9.11. The molecule has 0 aromatic heterocycles. The van der Waals surface area contributed by atoms with Crippen molar-refractivity contribution in [3.8, 4) is 0 Å². The van der Waals surface area contributed by atoms with Crippen LogP contribution < -0.4 is 11.1 Å². The molecule has 4 nitrogen and oxygen atoms in total. The molecule has 1 aliphatic rings. The van der Waals surface area contributed by atoms with Gasteiger partial charge in [-0.2, -0.15) is 0 Å². The largest absolute Gasteiger partial charge is 0.383 e. The lowest BCUT2D eigenvalue weighted by Crippen LogP contribution is -2.45. The van der Waals surface area contributed by atoms with Crippen LogP contribution in [0.3, 0.4) is 0 Å². The van der Waals surface area contributed by atoms with E-state index in [1.165, 1.54) is 19.2 Å². The van der Waals surface area contributed by atoms with Crippen molar-refractivity contribution in [3.63, 3.8) is 0 Å². The highest BCUT2D eigenvalue weighted by atomic mass is 32.2. The molecule has 104 valence electrons. The minimum atomic E-state index is -0.698. The maximum Gasteiger partial charge on any atom is 0.239 e. The van der Waals surface area contributed by atoms with E-state index in [0.717, 1.165) is 22.6 Å². The zero-order valence-electron chi connectivity index (χ0n) is 10.7. The highest BCUT2D eigenvalue weighted by molar-refractivity contribution is 7.99. The van der Waals surface area contributed by atoms with Gasteiger partial charge in [-0.05, 0) is 30.2 Å². The van der Waals surface area contributed by atoms with Gasteiger partial charge in [-0.25, -0.2) is 4.39 Å². The molecule has 0 saturated carbocycles. The van der Waals surface area contributed by atoms with Gasteiger partial charge >= 0.3 is 0 Å². The predicted molar refractivity (Wildman–Crippen MR) is 72.5 cm³/mol. The zero-order chi connectivity index (χ0) is 13.8. The Balaban J connectivity index is 2.11. The number of fused-ring (bicyclic) bond motifs is 1. The number of rotatable bonds is 4. The summed E-state index contributed by atoms with van der Waals surface area (Å²) in [6.07, 6.45) is 0.770. The molecule has 2 rings (SSSR count). The number of carbonyl (C=O) groups is 1. The Hall–Kier alpha value is -1.11. The summed E-state index contributed by atoms with van der Waals surface area (Å²) in [5.74, 6) is 0.332. The monoisotopic (exact) mass is 284 g/mol. The number of nitrogens with one attached hydrogen (secondary N) is 1. The predicted octanol–water partition coefficient (Wildman–Crippen LogP) is 1.45. The molecule has 2 atom stereocenters. The van der Waals surface area contributed by atoms with Crippen LogP contribution in [0.5, 0.6) is 0 Å². The number of methoxy groups -OCH3 is 1. The van der Waals surface area contributed by atoms with E-state index in [1.54, 1.807) is 17.8 Å². The van der Waals surface area contributed by atoms with Crippen molar-refractivity contribution in [2.45, 2.75) is 23.4 Å². The van der Waals surface area contributed by atoms with Crippen molar-refractivity contribution in [1.29, 1.82) is 0 Å². The molecule has 0 bridgehead atoms. The van der Waals surface area contributed by atoms with Gasteiger partial charge in [-0.15, -0.1) is 11.8 Å². The standard InChI is InChI=1S/C13H17FN2O2S/c1-18-7-10(15)13(17)16-11-4-5-19-12-3-2-8(14)6-9(11)12/h2-3,6,10-11H,4-5,7,15H2,1H3,(H,16,17). The Morgan fingerprint density at radius 1 is 1.68 bits per heavy atom. The summed E-state index contributed by atoms with van der Waals surface area (Å²) in [5, 5.41) is 2.86. The van der Waals surface area contributed by atoms with Crippen LogP contribution in [0.25, 0.3) is 0 Å². The van der Waals surface area contributed by atoms with Crippen LogP contribution in [0.15, 0.2) is 23.1 Å². The lowest BCUT2D eigenvalue weighted by Gasteiger charge is -2.27. The Labute approximate surface area is 115 Å². The van der Waals surface area contributed by atoms with Crippen LogP contribution >= 0.6 is 11.8 Å². The molecule has 0 aliphatic carbocycles. The Morgan fingerprint density at radius 2 is 2.47 bits per heavy atom. The van der Waals surface area contributed by atoms with E-state index in [2.05, 4.69) is 5.32 Å². The fraction of sp³-hybridized carbons (Fsp3) is 0.462. The van der Waals surface area contributed by atoms with Crippen molar-refractivity contribution >= 4 is 17.7 Å². The van der Waals surface area contributed by atoms with Crippen molar-refractivity contribution in [3.05, 3.63) is 29.6 Å². The van der Waals surface area contributed by atoms with Gasteiger partial charge in [0.2, 0.25) is 5.91 Å². The maximum absolute atomic E-state index is 13.3. The molecule has 0 saturated heterocycles. The molecule has 0 radical (unpaired) electrons. The molecule has 1 aromatic rings. The normalized spacial score (nSPS) is 19.6. The van der Waals surface area contributed by atoms with Crippen LogP contribution in [0.4, 0.5) is 4.39 Å². The molecule has 1 amide bonds. The highest BCUT2D eigenvalue weighted by Gasteiger charge is 2.24. The Kier molecular flexibility index (Phi) is 4.79. The average Bonchev–Trinajstić information content (AvgIpc) is 2.39. The van der Waals surface area contributed by atoms with E-state index in [-0.39, 0.29) is 24.4 Å². The van der Waals surface area contributed by atoms with Gasteiger partial charge in [0.25, 0.3) is 0 Å². The number of halogens is 1. The van der Waals surface area contributed by atoms with Gasteiger partial charge in [0.05, 0.1) is 12.6 Å². The SMILES string of the molecule is COCC(N)C(=O)NC1CCSc2ccc(F)cc21. The van der Waals surface area contributed by atoms with E-state index in [4.69, 9.17) is 10.5 Å². The number of hydrogen-bond donors (Lipinski definition) is 2. The average molecular weight is 284 g/mol. The van der Waals surface area contributed by atoms with E-state index < -0.39 is 6.04 Å². The van der Waals surface area contributed by atoms with Gasteiger partial charge < -0.3 is 15.8 Å². The first-order valence-corrected chi connectivity index (χ1v) is 7.07. The third-order valence-corrected chi connectivity index (χ3v) is 4.13. The molecule has 1 aliphatic heterocycles. The molecule has 2 unspecified atom stereocenters. The summed E-state index contributed by atoms with van der Waals surface area (Å²) in [6.45, 7) is 0.170. The summed E-state index contributed by atoms with van der Waals surface area (Å²) in [5.41, 5.74) is 6.51. The molecule has 1 heterocycles. The molecule has 1 aromatic carbocycles. The second-order valence-corrected chi connectivity index (χ2v) is 5.58. The summed E-state index contributed by atoms with van der Waals surface area (Å²) < 4.78 is 18.2. The number of hydrogen-bond acceptors (Lipinski definition) is 4. The lowest BCUT2D eigenvalue weighted by molar-refractivity contribution is -0.124. The zero-order valence-corrected chi connectivity index (χ0v) is 11.5. The summed E-state index contributed by atoms with van der Waals surface area (Å²) in [7, 11) is 1.50. The number of benzene rings is 1. The molecule has 19 heavy (non-hydrogen) atoms. The van der Waals surface area contributed by atoms with Crippen LogP contribution in [-0.2, 0) is 9.53 Å². The van der Waals surface area contributed by atoms with Gasteiger partial charge in [0, 0.05) is 17.8 Å². The van der Waals surface area contributed by atoms with Gasteiger partial charge in [0.15, 0.2) is 0 Å². The van der Waals surface area contributed by atoms with Crippen molar-refractivity contribution in [2.75, 3.05) is 19.5 Å². The number of amides is 1. The second-order valence-electron chi connectivity index (χ2n) is 4.44. The molecular formula is C13H17FN2O2S. The number of ether oxygens (including phenoxy) is 1. The lowest BCUT2D eigenvalue weighted by atomic mass is 10.0. The van der Waals surface area contributed by atoms with Crippen molar-refractivity contribution in [2.24, 2.45) is 5.73 Å². The van der Waals surface area contributed by atoms with Crippen LogP contribution in [0.2, 0.25) is 0 Å². The second kappa shape index (κ2) is 6.36. The van der Waals surface area contributed by atoms with Crippen LogP contribution in [-0.4, -0.2) is 31.4 Å². The maximum atomic E-state index is 13.3. The first-order valence-electron chi connectivity index (χ1n) is 6.09. The highest BCUT2D eigenvalue weighted by Crippen LogP contribution is 2.36. The van der Waals surface area contributed by atoms with Crippen LogP contribution in [0, 0.1) is 5.82 Å². The minimum absolute atomic E-state index is 0.170. The summed E-state index contributed by atoms with van der Waals surface area (Å²) >= 11 is 1.67. The molecular weight excluding hydrogens is 267 g/mol. The first kappa shape index (κ1) is 14.3. The Bertz CT molecular complexity index is 470. The Morgan fingerprint density at radius 3 is 3.21 bits per heavy atom. The van der Waals surface area contributed by atoms with E-state index >= 15 is 0 Å². The van der Waals surface area contributed by atoms with Crippen LogP contribution in [0.1, 0.15) is 18.0 Å². The summed E-state index contributed by atoms with van der Waals surface area (Å²) in [6, 6.07) is 3.79. The number of carbonyl (C=O) groups excluding carboxylic acids is 1. The van der Waals surface area contributed by atoms with E-state index in [1.807, 2.05) is 0 Å². The minimum Gasteiger partial charge on any atom is -0.383 e. The van der Waals surface area contributed by atoms with E-state index in [9.17, 15) is 9.18 Å². The molecule has 3 N–H and O–H groups in total. The van der Waals surface area contributed by atoms with Crippen molar-refractivity contribution in [1.82, 2.24) is 5.32 Å². The fourth-order valence-electron chi connectivity index (χ4n) is 2.05. The summed E-state index contributed by atoms with van der Waals surface area (Å²) in [4.78, 5) is 12.9. The third kappa shape index (κ3) is 3.46. The quantitative estimate of drug-likeness (QED) is 0.878. The van der Waals surface area contributed by atoms with Gasteiger partial charge in [0.1, 0.15) is 11.9 Å². The molecule has 0 fully saturated rings. The number of thioether (sulfide) groups is 1. The van der Waals surface area contributed by atoms with E-state index in [0.29, 0.717) is 0 Å². The molecule has 0 spiro atoms. The number of nitrogens with two attached hydrogens (primary N) is 1. The fourth-order valence-corrected chi connectivity index (χ4v) is 3.15. The van der Waals surface area contributed by atoms with Gasteiger partial charge in [-0.3, -0.25) is 4.79 Å².